The van der Waals surface area contributed by atoms with Gasteiger partial charge < -0.3 is 30.4 Å². The fourth-order valence-corrected chi connectivity index (χ4v) is 12.4. The van der Waals surface area contributed by atoms with Crippen LogP contribution in [0.3, 0.4) is 0 Å². The quantitative estimate of drug-likeness (QED) is 0.147. The van der Waals surface area contributed by atoms with Gasteiger partial charge in [0.2, 0.25) is 0 Å². The molecule has 0 saturated heterocycles. The van der Waals surface area contributed by atoms with E-state index in [1.165, 1.54) is 211 Å². The minimum Gasteiger partial charge on any atom is -0.494 e. The zero-order chi connectivity index (χ0) is 60.1. The maximum atomic E-state index is 7.04. The van der Waals surface area contributed by atoms with Gasteiger partial charge in [0.1, 0.15) is 23.0 Å². The normalized spacial score (nSPS) is 17.7. The van der Waals surface area contributed by atoms with Gasteiger partial charge in [-0.3, -0.25) is 0 Å². The molecule has 0 saturated carbocycles. The van der Waals surface area contributed by atoms with Crippen LogP contribution in [0.5, 0.6) is 23.0 Å². The molecule has 4 N–H and O–H groups in total. The summed E-state index contributed by atoms with van der Waals surface area (Å²) >= 11 is 0. The van der Waals surface area contributed by atoms with E-state index in [0.29, 0.717) is 0 Å². The third kappa shape index (κ3) is 25.1. The van der Waals surface area contributed by atoms with E-state index in [0.717, 1.165) is 131 Å². The highest BCUT2D eigenvalue weighted by Crippen LogP contribution is 2.41. The number of hydrogen-bond acceptors (Lipinski definition) is 6. The molecule has 0 aliphatic carbocycles. The Hall–Kier alpha value is -5.88. The molecule has 6 nitrogen and oxygen atoms in total. The van der Waals surface area contributed by atoms with Crippen molar-refractivity contribution in [3.8, 4) is 67.5 Å². The van der Waals surface area contributed by atoms with Crippen molar-refractivity contribution in [1.29, 1.82) is 0 Å². The van der Waals surface area contributed by atoms with Gasteiger partial charge in [0.05, 0.1) is 26.4 Å². The number of benzene rings is 6. The second kappa shape index (κ2) is 39.8. The highest BCUT2D eigenvalue weighted by atomic mass is 16.5. The van der Waals surface area contributed by atoms with E-state index >= 15 is 0 Å². The third-order valence-corrected chi connectivity index (χ3v) is 18.0. The van der Waals surface area contributed by atoms with Gasteiger partial charge in [-0.2, -0.15) is 0 Å². The maximum Gasteiger partial charge on any atom is 0.119 e. The second-order valence-corrected chi connectivity index (χ2v) is 26.2. The van der Waals surface area contributed by atoms with E-state index in [1.807, 2.05) is 0 Å². The minimum absolute atomic E-state index is 0.0276. The van der Waals surface area contributed by atoms with Crippen LogP contribution in [-0.2, 0) is 5.41 Å². The van der Waals surface area contributed by atoms with Crippen molar-refractivity contribution < 1.29 is 18.9 Å². The van der Waals surface area contributed by atoms with Crippen molar-refractivity contribution in [3.63, 3.8) is 0 Å². The van der Waals surface area contributed by atoms with E-state index in [9.17, 15) is 0 Å². The predicted molar refractivity (Wildman–Crippen MR) is 370 cm³/mol. The van der Waals surface area contributed by atoms with Crippen LogP contribution in [0, 0.1) is 0 Å². The molecule has 0 atom stereocenters. The van der Waals surface area contributed by atoms with Gasteiger partial charge >= 0.3 is 0 Å². The van der Waals surface area contributed by atoms with Crippen LogP contribution in [0.25, 0.3) is 44.5 Å². The van der Waals surface area contributed by atoms with Crippen LogP contribution in [-0.4, -0.2) is 26.4 Å². The molecule has 6 aromatic rings. The average molecular weight is 1170 g/mol. The monoisotopic (exact) mass is 1170 g/mol. The van der Waals surface area contributed by atoms with Crippen LogP contribution in [0.15, 0.2) is 127 Å². The fraction of sp³-hybridized carbons (Fsp3) is 0.550. The molecular formula is C80H114N2O4. The summed E-state index contributed by atoms with van der Waals surface area (Å²) in [4.78, 5) is 0. The van der Waals surface area contributed by atoms with Gasteiger partial charge in [0.25, 0.3) is 0 Å². The highest BCUT2D eigenvalue weighted by Gasteiger charge is 2.20. The molecule has 86 heavy (non-hydrogen) atoms. The lowest BCUT2D eigenvalue weighted by molar-refractivity contribution is 0.304. The van der Waals surface area contributed by atoms with Crippen LogP contribution < -0.4 is 30.4 Å². The van der Waals surface area contributed by atoms with Crippen LogP contribution >= 0.6 is 0 Å². The maximum absolute atomic E-state index is 7.04. The summed E-state index contributed by atoms with van der Waals surface area (Å²) in [5.41, 5.74) is 25.4. The van der Waals surface area contributed by atoms with Gasteiger partial charge in [0, 0.05) is 33.6 Å². The molecule has 6 aromatic carbocycles. The molecule has 7 aliphatic heterocycles. The number of rotatable bonds is 0. The van der Waals surface area contributed by atoms with E-state index in [2.05, 4.69) is 148 Å². The summed E-state index contributed by atoms with van der Waals surface area (Å²) in [5, 5.41) is 0. The van der Waals surface area contributed by atoms with E-state index in [1.54, 1.807) is 0 Å². The number of hydrogen-bond donors (Lipinski definition) is 2. The smallest absolute Gasteiger partial charge is 0.119 e. The van der Waals surface area contributed by atoms with Gasteiger partial charge in [-0.15, -0.1) is 0 Å². The van der Waals surface area contributed by atoms with E-state index < -0.39 is 0 Å². The zero-order valence-electron chi connectivity index (χ0n) is 54.2. The fourth-order valence-electron chi connectivity index (χ4n) is 12.4. The summed E-state index contributed by atoms with van der Waals surface area (Å²) in [6.45, 7) is 9.89. The summed E-state index contributed by atoms with van der Waals surface area (Å²) in [7, 11) is 0. The summed E-state index contributed by atoms with van der Waals surface area (Å²) < 4.78 is 24.8. The predicted octanol–water partition coefficient (Wildman–Crippen LogP) is 24.1. The number of nitrogen functional groups attached to an aromatic ring is 2. The SMILES string of the molecule is CC(C)(C)c1cc2c(N)c(c1)-c1ccc(cc1)OCCCCCCCCCCCCCCCCCCCCOc1ccc(cc1)-c1cccc(c1N)-c1ccc(cc1)OCCCCCCCCCCCCCCCCCCCCOc1ccc-2cc1. The largest absolute Gasteiger partial charge is 0.494 e. The molecule has 468 valence electrons. The molecule has 0 fully saturated rings. The molecule has 12 bridgehead atoms. The molecule has 13 rings (SSSR count). The zero-order valence-corrected chi connectivity index (χ0v) is 54.2. The third-order valence-electron chi connectivity index (χ3n) is 18.0. The number of ether oxygens (including phenoxy) is 4. The molecule has 0 unspecified atom stereocenters. The van der Waals surface area contributed by atoms with Crippen LogP contribution in [0.2, 0.25) is 0 Å². The van der Waals surface area contributed by atoms with E-state index in [4.69, 9.17) is 30.4 Å². The first kappa shape index (κ1) is 67.6. The van der Waals surface area contributed by atoms with Gasteiger partial charge in [-0.25, -0.2) is 0 Å². The Kier molecular flexibility index (Phi) is 31.3. The molecule has 7 heterocycles. The van der Waals surface area contributed by atoms with E-state index in [-0.39, 0.29) is 5.41 Å². The van der Waals surface area contributed by atoms with Crippen LogP contribution in [0.4, 0.5) is 11.4 Å². The topological polar surface area (TPSA) is 89.0 Å². The van der Waals surface area contributed by atoms with Crippen molar-refractivity contribution in [2.75, 3.05) is 37.9 Å². The van der Waals surface area contributed by atoms with Crippen molar-refractivity contribution in [1.82, 2.24) is 0 Å². The first-order valence-electron chi connectivity index (χ1n) is 35.0. The van der Waals surface area contributed by atoms with Crippen molar-refractivity contribution >= 4 is 11.4 Å². The summed E-state index contributed by atoms with van der Waals surface area (Å²) in [6.07, 6.45) is 47.6. The molecule has 0 radical (unpaired) electrons. The minimum atomic E-state index is -0.0276. The molecule has 6 heteroatoms. The Morgan fingerprint density at radius 3 is 0.640 bits per heavy atom. The molecular weight excluding hydrogens is 1050 g/mol. The summed E-state index contributed by atoms with van der Waals surface area (Å²) in [5.74, 6) is 3.70. The van der Waals surface area contributed by atoms with Gasteiger partial charge in [0.15, 0.2) is 0 Å². The summed E-state index contributed by atoms with van der Waals surface area (Å²) in [6, 6.07) is 44.9. The van der Waals surface area contributed by atoms with Gasteiger partial charge in [-0.1, -0.05) is 293 Å². The Labute approximate surface area is 523 Å². The first-order valence-corrected chi connectivity index (χ1v) is 35.0. The average Bonchev–Trinajstić information content (AvgIpc) is 1.85. The second-order valence-electron chi connectivity index (χ2n) is 26.2. The highest BCUT2D eigenvalue weighted by molar-refractivity contribution is 5.91. The Morgan fingerprint density at radius 1 is 0.244 bits per heavy atom. The first-order chi connectivity index (χ1) is 42.2. The molecule has 0 amide bonds. The number of anilines is 2. The Balaban J connectivity index is 0.797. The lowest BCUT2D eigenvalue weighted by Gasteiger charge is -2.23. The standard InChI is InChI=1S/C80H114N2O4/c1-80(2,3)69-63-76-67-47-55-72(56-48-67)85-61-38-34-30-26-22-18-14-10-6-4-8-12-16-20-24-28-32-36-59-83-70-51-43-65(44-52-70)74-41-40-42-75(78(74)81)66-45-53-71(54-46-66)84-60-37-33-29-25-21-17-13-9-5-7-11-15-19-23-27-31-35-39-62-86-73-57-49-68(50-58-73)77(64-69)79(76)82/h40-58,63-64H,4-39,59-62,81-82H2,1-3H3. The van der Waals surface area contributed by atoms with Crippen molar-refractivity contribution in [2.45, 2.75) is 257 Å². The number of nitrogens with two attached hydrogens (primary N) is 2. The molecule has 0 spiro atoms. The Morgan fingerprint density at radius 2 is 0.430 bits per heavy atom. The molecule has 7 aliphatic rings. The molecule has 0 aromatic heterocycles. The lowest BCUT2D eigenvalue weighted by Crippen LogP contribution is -2.12. The van der Waals surface area contributed by atoms with Crippen molar-refractivity contribution in [3.05, 3.63) is 133 Å². The van der Waals surface area contributed by atoms with Gasteiger partial charge in [-0.05, 0) is 120 Å². The lowest BCUT2D eigenvalue weighted by atomic mass is 9.82. The van der Waals surface area contributed by atoms with Crippen molar-refractivity contribution in [2.24, 2.45) is 0 Å². The van der Waals surface area contributed by atoms with Crippen LogP contribution in [0.1, 0.15) is 257 Å². The number of para-hydroxylation sites is 1. The Bertz CT molecular complexity index is 2550.